The van der Waals surface area contributed by atoms with Crippen molar-refractivity contribution in [3.8, 4) is 0 Å². The molecule has 22 heavy (non-hydrogen) atoms. The van der Waals surface area contributed by atoms with Crippen LogP contribution in [0.25, 0.3) is 5.65 Å². The number of rotatable bonds is 4. The largest absolute Gasteiger partial charge is 0.368 e. The molecule has 0 spiro atoms. The maximum atomic E-state index is 11.5. The molecular formula is C14H19N5O2S. The quantitative estimate of drug-likeness (QED) is 0.831. The summed E-state index contributed by atoms with van der Waals surface area (Å²) in [7, 11) is -2.93. The normalized spacial score (nSPS) is 22.6. The lowest BCUT2D eigenvalue weighted by Crippen LogP contribution is -2.23. The summed E-state index contributed by atoms with van der Waals surface area (Å²) in [4.78, 5) is 2.23. The third-order valence-corrected chi connectivity index (χ3v) is 5.50. The van der Waals surface area contributed by atoms with E-state index >= 15 is 0 Å². The first kappa shape index (κ1) is 13.9. The van der Waals surface area contributed by atoms with Gasteiger partial charge in [0.2, 0.25) is 5.65 Å². The van der Waals surface area contributed by atoms with Gasteiger partial charge in [-0.3, -0.25) is 0 Å². The van der Waals surface area contributed by atoms with Gasteiger partial charge >= 0.3 is 0 Å². The van der Waals surface area contributed by atoms with E-state index in [0.29, 0.717) is 5.92 Å². The standard InChI is InChI=1S/C14H19N5O2S/c1-22(20,21)8-10-4-5-18(7-10)13-6-12(11-2-3-11)17-19-9-15-16-14(13)19/h6,9-11H,2-5,7-8H2,1H3. The van der Waals surface area contributed by atoms with E-state index in [4.69, 9.17) is 0 Å². The van der Waals surface area contributed by atoms with E-state index in [1.54, 1.807) is 10.8 Å². The smallest absolute Gasteiger partial charge is 0.200 e. The van der Waals surface area contributed by atoms with Crippen LogP contribution >= 0.6 is 0 Å². The van der Waals surface area contributed by atoms with Crippen LogP contribution in [0, 0.1) is 5.92 Å². The Morgan fingerprint density at radius 1 is 1.32 bits per heavy atom. The van der Waals surface area contributed by atoms with Crippen molar-refractivity contribution in [3.63, 3.8) is 0 Å². The molecule has 1 aliphatic carbocycles. The average Bonchev–Trinajstić information content (AvgIpc) is 3.01. The molecule has 3 heterocycles. The Morgan fingerprint density at radius 3 is 2.86 bits per heavy atom. The van der Waals surface area contributed by atoms with E-state index in [2.05, 4.69) is 26.3 Å². The molecule has 0 amide bonds. The van der Waals surface area contributed by atoms with E-state index in [9.17, 15) is 8.42 Å². The Balaban J connectivity index is 1.65. The Bertz CT molecular complexity index is 812. The third-order valence-electron chi connectivity index (χ3n) is 4.43. The van der Waals surface area contributed by atoms with E-state index in [0.717, 1.165) is 36.5 Å². The van der Waals surface area contributed by atoms with Crippen LogP contribution in [0.4, 0.5) is 5.69 Å². The SMILES string of the molecule is CS(=O)(=O)CC1CCN(c2cc(C3CC3)nn3cnnc23)C1. The molecule has 0 radical (unpaired) electrons. The topological polar surface area (TPSA) is 80.5 Å². The maximum Gasteiger partial charge on any atom is 0.200 e. The molecule has 8 heteroatoms. The van der Waals surface area contributed by atoms with Crippen molar-refractivity contribution in [2.75, 3.05) is 30.0 Å². The zero-order chi connectivity index (χ0) is 15.3. The van der Waals surface area contributed by atoms with Crippen molar-refractivity contribution < 1.29 is 8.42 Å². The summed E-state index contributed by atoms with van der Waals surface area (Å²) < 4.78 is 24.7. The summed E-state index contributed by atoms with van der Waals surface area (Å²) in [6.45, 7) is 1.61. The van der Waals surface area contributed by atoms with E-state index in [-0.39, 0.29) is 11.7 Å². The fourth-order valence-corrected chi connectivity index (χ4v) is 4.38. The van der Waals surface area contributed by atoms with Crippen LogP contribution < -0.4 is 4.90 Å². The number of fused-ring (bicyclic) bond motifs is 1. The van der Waals surface area contributed by atoms with Crippen LogP contribution in [0.2, 0.25) is 0 Å². The molecule has 2 fully saturated rings. The molecule has 1 atom stereocenters. The monoisotopic (exact) mass is 321 g/mol. The molecule has 7 nitrogen and oxygen atoms in total. The fraction of sp³-hybridized carbons (Fsp3) is 0.643. The minimum Gasteiger partial charge on any atom is -0.368 e. The summed E-state index contributed by atoms with van der Waals surface area (Å²) in [5.41, 5.74) is 2.88. The van der Waals surface area contributed by atoms with Crippen LogP contribution in [-0.2, 0) is 9.84 Å². The first-order chi connectivity index (χ1) is 10.5. The third kappa shape index (κ3) is 2.67. The van der Waals surface area contributed by atoms with Gasteiger partial charge in [0.05, 0.1) is 17.1 Å². The van der Waals surface area contributed by atoms with Gasteiger partial charge in [0, 0.05) is 25.3 Å². The second-order valence-corrected chi connectivity index (χ2v) is 8.71. The highest BCUT2D eigenvalue weighted by atomic mass is 32.2. The minimum absolute atomic E-state index is 0.190. The molecule has 1 saturated heterocycles. The predicted octanol–water partition coefficient (Wildman–Crippen LogP) is 0.873. The van der Waals surface area contributed by atoms with Gasteiger partial charge in [0.25, 0.3) is 0 Å². The number of hydrogen-bond acceptors (Lipinski definition) is 6. The minimum atomic E-state index is -2.93. The van der Waals surface area contributed by atoms with Crippen molar-refractivity contribution in [1.29, 1.82) is 0 Å². The first-order valence-corrected chi connectivity index (χ1v) is 9.69. The summed E-state index contributed by atoms with van der Waals surface area (Å²) >= 11 is 0. The molecule has 118 valence electrons. The number of anilines is 1. The number of aromatic nitrogens is 4. The Hall–Kier alpha value is -1.70. The molecule has 0 aromatic carbocycles. The molecule has 0 bridgehead atoms. The van der Waals surface area contributed by atoms with Crippen LogP contribution in [-0.4, -0.2) is 53.3 Å². The summed E-state index contributed by atoms with van der Waals surface area (Å²) in [5.74, 6) is 1.00. The molecule has 1 aliphatic heterocycles. The van der Waals surface area contributed by atoms with Crippen molar-refractivity contribution in [3.05, 3.63) is 18.1 Å². The van der Waals surface area contributed by atoms with Crippen LogP contribution in [0.1, 0.15) is 30.9 Å². The second kappa shape index (κ2) is 4.91. The van der Waals surface area contributed by atoms with Gasteiger partial charge in [-0.05, 0) is 31.2 Å². The Kier molecular flexibility index (Phi) is 3.11. The van der Waals surface area contributed by atoms with Gasteiger partial charge in [0.15, 0.2) is 0 Å². The lowest BCUT2D eigenvalue weighted by atomic mass is 10.2. The van der Waals surface area contributed by atoms with Gasteiger partial charge in [-0.15, -0.1) is 10.2 Å². The van der Waals surface area contributed by atoms with Crippen molar-refractivity contribution in [2.24, 2.45) is 5.92 Å². The molecule has 1 unspecified atom stereocenters. The molecule has 2 aromatic heterocycles. The summed E-state index contributed by atoms with van der Waals surface area (Å²) in [6, 6.07) is 2.12. The zero-order valence-electron chi connectivity index (χ0n) is 12.5. The van der Waals surface area contributed by atoms with Gasteiger partial charge in [-0.1, -0.05) is 0 Å². The number of hydrogen-bond donors (Lipinski definition) is 0. The summed E-state index contributed by atoms with van der Waals surface area (Å²) in [5, 5.41) is 12.7. The lowest BCUT2D eigenvalue weighted by molar-refractivity contribution is 0.577. The van der Waals surface area contributed by atoms with Crippen LogP contribution in [0.5, 0.6) is 0 Å². The van der Waals surface area contributed by atoms with Gasteiger partial charge < -0.3 is 4.90 Å². The lowest BCUT2D eigenvalue weighted by Gasteiger charge is -2.19. The first-order valence-electron chi connectivity index (χ1n) is 7.63. The molecule has 4 rings (SSSR count). The highest BCUT2D eigenvalue weighted by Gasteiger charge is 2.30. The van der Waals surface area contributed by atoms with Crippen LogP contribution in [0.15, 0.2) is 12.4 Å². The number of sulfone groups is 1. The molecule has 0 N–H and O–H groups in total. The average molecular weight is 321 g/mol. The van der Waals surface area contributed by atoms with E-state index < -0.39 is 9.84 Å². The zero-order valence-corrected chi connectivity index (χ0v) is 13.3. The molecule has 2 aliphatic rings. The van der Waals surface area contributed by atoms with Gasteiger partial charge in [0.1, 0.15) is 16.2 Å². The van der Waals surface area contributed by atoms with Crippen molar-refractivity contribution in [2.45, 2.75) is 25.2 Å². The predicted molar refractivity (Wildman–Crippen MR) is 82.8 cm³/mol. The molecule has 2 aromatic rings. The van der Waals surface area contributed by atoms with E-state index in [1.807, 2.05) is 0 Å². The highest BCUT2D eigenvalue weighted by Crippen LogP contribution is 2.40. The van der Waals surface area contributed by atoms with E-state index in [1.165, 1.54) is 19.1 Å². The molecule has 1 saturated carbocycles. The summed E-state index contributed by atoms with van der Waals surface area (Å²) in [6.07, 6.45) is 6.22. The Morgan fingerprint density at radius 2 is 2.14 bits per heavy atom. The number of nitrogens with zero attached hydrogens (tertiary/aromatic N) is 5. The van der Waals surface area contributed by atoms with Gasteiger partial charge in [-0.25, -0.2) is 8.42 Å². The highest BCUT2D eigenvalue weighted by molar-refractivity contribution is 7.90. The maximum absolute atomic E-state index is 11.5. The van der Waals surface area contributed by atoms with Crippen molar-refractivity contribution >= 4 is 21.2 Å². The second-order valence-electron chi connectivity index (χ2n) is 6.52. The van der Waals surface area contributed by atoms with Crippen LogP contribution in [0.3, 0.4) is 0 Å². The molecular weight excluding hydrogens is 302 g/mol. The fourth-order valence-electron chi connectivity index (χ4n) is 3.26. The van der Waals surface area contributed by atoms with Gasteiger partial charge in [-0.2, -0.15) is 9.61 Å². The van der Waals surface area contributed by atoms with Crippen molar-refractivity contribution in [1.82, 2.24) is 19.8 Å². The Labute approximate surface area is 129 Å².